The van der Waals surface area contributed by atoms with E-state index < -0.39 is 0 Å². The monoisotopic (exact) mass is 416 g/mol. The zero-order valence-corrected chi connectivity index (χ0v) is 19.1. The van der Waals surface area contributed by atoms with E-state index in [0.717, 1.165) is 37.7 Å². The molecule has 0 spiro atoms. The second-order valence-electron chi connectivity index (χ2n) is 11.8. The van der Waals surface area contributed by atoms with Gasteiger partial charge < -0.3 is 19.3 Å². The van der Waals surface area contributed by atoms with Gasteiger partial charge in [-0.2, -0.15) is 0 Å². The molecule has 2 aliphatic heterocycles. The summed E-state index contributed by atoms with van der Waals surface area (Å²) in [5, 5.41) is 10.6. The van der Waals surface area contributed by atoms with Gasteiger partial charge in [-0.25, -0.2) is 0 Å². The molecule has 0 amide bonds. The van der Waals surface area contributed by atoms with E-state index in [1.165, 1.54) is 44.9 Å². The van der Waals surface area contributed by atoms with Crippen LogP contribution in [0.2, 0.25) is 0 Å². The van der Waals surface area contributed by atoms with Crippen molar-refractivity contribution in [3.8, 4) is 0 Å². The van der Waals surface area contributed by atoms with Crippen molar-refractivity contribution < 1.29 is 19.3 Å². The van der Waals surface area contributed by atoms with E-state index in [0.29, 0.717) is 23.5 Å². The molecule has 6 rings (SSSR count). The van der Waals surface area contributed by atoms with E-state index >= 15 is 0 Å². The molecule has 4 heteroatoms. The lowest BCUT2D eigenvalue weighted by Crippen LogP contribution is -2.55. The molecule has 0 aromatic heterocycles. The Bertz CT molecular complexity index is 727. The van der Waals surface area contributed by atoms with Crippen molar-refractivity contribution in [2.45, 2.75) is 115 Å². The van der Waals surface area contributed by atoms with Crippen LogP contribution < -0.4 is 0 Å². The molecule has 30 heavy (non-hydrogen) atoms. The maximum absolute atomic E-state index is 10.6. The van der Waals surface area contributed by atoms with E-state index in [-0.39, 0.29) is 23.4 Å². The van der Waals surface area contributed by atoms with Gasteiger partial charge >= 0.3 is 0 Å². The Morgan fingerprint density at radius 2 is 2.00 bits per heavy atom. The normalized spacial score (nSPS) is 55.5. The Kier molecular flexibility index (Phi) is 4.57. The molecule has 0 bridgehead atoms. The third-order valence-corrected chi connectivity index (χ3v) is 10.7. The van der Waals surface area contributed by atoms with Crippen molar-refractivity contribution in [1.29, 1.82) is 0 Å². The van der Waals surface area contributed by atoms with Crippen molar-refractivity contribution in [2.75, 3.05) is 6.61 Å². The highest BCUT2D eigenvalue weighted by Gasteiger charge is 2.78. The van der Waals surface area contributed by atoms with E-state index in [1.807, 2.05) is 6.92 Å². The van der Waals surface area contributed by atoms with Crippen LogP contribution in [0, 0.1) is 28.6 Å². The first-order valence-electron chi connectivity index (χ1n) is 12.7. The van der Waals surface area contributed by atoms with E-state index in [4.69, 9.17) is 14.2 Å². The van der Waals surface area contributed by atoms with Crippen LogP contribution in [0.3, 0.4) is 0 Å². The van der Waals surface area contributed by atoms with Gasteiger partial charge in [-0.3, -0.25) is 0 Å². The topological polar surface area (TPSA) is 51.2 Å². The van der Waals surface area contributed by atoms with Crippen molar-refractivity contribution in [2.24, 2.45) is 28.6 Å². The molecule has 5 fully saturated rings. The minimum atomic E-state index is -0.353. The summed E-state index contributed by atoms with van der Waals surface area (Å²) in [6, 6.07) is 0. The van der Waals surface area contributed by atoms with Gasteiger partial charge in [-0.05, 0) is 94.3 Å². The molecule has 6 aliphatic rings. The predicted molar refractivity (Wildman–Crippen MR) is 115 cm³/mol. The van der Waals surface area contributed by atoms with E-state index in [1.54, 1.807) is 5.57 Å². The molecule has 1 N–H and O–H groups in total. The number of ether oxygens (including phenoxy) is 3. The first kappa shape index (κ1) is 20.2. The zero-order valence-electron chi connectivity index (χ0n) is 19.1. The van der Waals surface area contributed by atoms with Crippen molar-refractivity contribution in [1.82, 2.24) is 0 Å². The fourth-order valence-electron chi connectivity index (χ4n) is 9.02. The summed E-state index contributed by atoms with van der Waals surface area (Å²) in [5.41, 5.74) is 1.90. The Labute approximate surface area is 181 Å². The highest BCUT2D eigenvalue weighted by Crippen LogP contribution is 2.73. The smallest absolute Gasteiger partial charge is 0.157 e. The summed E-state index contributed by atoms with van der Waals surface area (Å²) in [4.78, 5) is 0. The molecule has 1 unspecified atom stereocenters. The van der Waals surface area contributed by atoms with Gasteiger partial charge in [0.15, 0.2) is 6.29 Å². The molecular weight excluding hydrogens is 376 g/mol. The maximum Gasteiger partial charge on any atom is 0.157 e. The fraction of sp³-hybridized carbons (Fsp3) is 0.923. The number of aliphatic hydroxyl groups excluding tert-OH is 1. The van der Waals surface area contributed by atoms with Crippen molar-refractivity contribution in [3.63, 3.8) is 0 Å². The maximum atomic E-state index is 10.6. The van der Waals surface area contributed by atoms with Crippen LogP contribution in [0.5, 0.6) is 0 Å². The quantitative estimate of drug-likeness (QED) is 0.520. The summed E-state index contributed by atoms with van der Waals surface area (Å²) in [6.07, 6.45) is 14.8. The molecule has 4 nitrogen and oxygen atoms in total. The number of hydrogen-bond donors (Lipinski definition) is 1. The first-order chi connectivity index (χ1) is 14.4. The van der Waals surface area contributed by atoms with Crippen molar-refractivity contribution in [3.05, 3.63) is 11.6 Å². The van der Waals surface area contributed by atoms with Gasteiger partial charge in [0.1, 0.15) is 5.60 Å². The molecule has 0 radical (unpaired) electrons. The summed E-state index contributed by atoms with van der Waals surface area (Å²) in [5.74, 6) is 2.23. The lowest BCUT2D eigenvalue weighted by molar-refractivity contribution is -0.195. The largest absolute Gasteiger partial charge is 0.390 e. The van der Waals surface area contributed by atoms with Crippen LogP contribution in [-0.2, 0) is 14.2 Å². The SMILES string of the molecule is C[C@H](O)[C@@]12O[C@@H]1C[C@H]1[C@@H]3CC=C4C[C@@H](OC5CCCCO5)CC[C@]4(C)[C@H]3CC[C@@]12C. The number of aliphatic hydroxyl groups is 1. The summed E-state index contributed by atoms with van der Waals surface area (Å²) >= 11 is 0. The summed E-state index contributed by atoms with van der Waals surface area (Å²) in [7, 11) is 0. The molecule has 3 saturated carbocycles. The van der Waals surface area contributed by atoms with Gasteiger partial charge in [-0.1, -0.05) is 25.5 Å². The molecule has 0 aromatic rings. The lowest BCUT2D eigenvalue weighted by atomic mass is 9.47. The molecule has 2 saturated heterocycles. The fourth-order valence-corrected chi connectivity index (χ4v) is 9.02. The van der Waals surface area contributed by atoms with Crippen LogP contribution >= 0.6 is 0 Å². The molecule has 168 valence electrons. The predicted octanol–water partition coefficient (Wildman–Crippen LogP) is 4.99. The number of allylic oxidation sites excluding steroid dienone is 1. The van der Waals surface area contributed by atoms with E-state index in [9.17, 15) is 5.11 Å². The Hall–Kier alpha value is -0.420. The number of epoxide rings is 1. The molecule has 2 heterocycles. The minimum absolute atomic E-state index is 0.0299. The van der Waals surface area contributed by atoms with Crippen LogP contribution in [0.4, 0.5) is 0 Å². The van der Waals surface area contributed by atoms with Crippen LogP contribution in [0.1, 0.15) is 85.0 Å². The third kappa shape index (κ3) is 2.60. The molecule has 10 atom stereocenters. The minimum Gasteiger partial charge on any atom is -0.390 e. The lowest BCUT2D eigenvalue weighted by Gasteiger charge is -2.59. The van der Waals surface area contributed by atoms with Gasteiger partial charge in [0, 0.05) is 12.0 Å². The number of rotatable bonds is 3. The second kappa shape index (κ2) is 6.79. The second-order valence-corrected chi connectivity index (χ2v) is 11.8. The molecule has 0 aromatic carbocycles. The zero-order chi connectivity index (χ0) is 20.7. The van der Waals surface area contributed by atoms with Gasteiger partial charge in [0.2, 0.25) is 0 Å². The van der Waals surface area contributed by atoms with Gasteiger partial charge in [0.05, 0.1) is 18.3 Å². The number of hydrogen-bond acceptors (Lipinski definition) is 4. The van der Waals surface area contributed by atoms with E-state index in [2.05, 4.69) is 19.9 Å². The van der Waals surface area contributed by atoms with Gasteiger partial charge in [-0.15, -0.1) is 0 Å². The number of fused-ring (bicyclic) bond motifs is 7. The van der Waals surface area contributed by atoms with Crippen LogP contribution in [-0.4, -0.2) is 41.9 Å². The Morgan fingerprint density at radius 1 is 1.13 bits per heavy atom. The average Bonchev–Trinajstić information content (AvgIpc) is 3.41. The first-order valence-corrected chi connectivity index (χ1v) is 12.7. The molecular formula is C26H40O4. The Morgan fingerprint density at radius 3 is 2.77 bits per heavy atom. The standard InChI is InChI=1S/C26H40O4/c1-16(27)26-22(30-26)15-21-19-8-7-17-14-18(29-23-6-4-5-13-28-23)9-11-24(17,2)20(19)10-12-25(21,26)3/h7,16,18-23,27H,4-6,8-15H2,1-3H3/t16-,18-,19+,20-,21-,22+,23?,24-,25-,26+/m0/s1. The van der Waals surface area contributed by atoms with Gasteiger partial charge in [0.25, 0.3) is 0 Å². The summed E-state index contributed by atoms with van der Waals surface area (Å²) in [6.45, 7) is 7.81. The van der Waals surface area contributed by atoms with Crippen LogP contribution in [0.15, 0.2) is 11.6 Å². The highest BCUT2D eigenvalue weighted by molar-refractivity contribution is 5.30. The highest BCUT2D eigenvalue weighted by atomic mass is 16.7. The molecule has 4 aliphatic carbocycles. The van der Waals surface area contributed by atoms with Crippen LogP contribution in [0.25, 0.3) is 0 Å². The summed E-state index contributed by atoms with van der Waals surface area (Å²) < 4.78 is 18.4. The van der Waals surface area contributed by atoms with Crippen molar-refractivity contribution >= 4 is 0 Å². The Balaban J connectivity index is 1.21. The average molecular weight is 417 g/mol. The third-order valence-electron chi connectivity index (χ3n) is 10.7.